The summed E-state index contributed by atoms with van der Waals surface area (Å²) in [6, 6.07) is 5.70. The van der Waals surface area contributed by atoms with Crippen LogP contribution in [-0.4, -0.2) is 35.8 Å². The number of nitrogens with one attached hydrogen (secondary N) is 1. The molecule has 0 atom stereocenters. The monoisotopic (exact) mass is 362 g/mol. The Morgan fingerprint density at radius 2 is 1.77 bits per heavy atom. The number of hydrogen-bond donors (Lipinski definition) is 1. The number of carbonyl (C=O) groups is 3. The van der Waals surface area contributed by atoms with Crippen molar-refractivity contribution in [2.45, 2.75) is 12.8 Å². The van der Waals surface area contributed by atoms with E-state index < -0.39 is 23.4 Å². The normalized spacial score (nSPS) is 10.2. The van der Waals surface area contributed by atoms with Crippen molar-refractivity contribution in [3.8, 4) is 0 Å². The summed E-state index contributed by atoms with van der Waals surface area (Å²) in [6.07, 6.45) is 2.46. The van der Waals surface area contributed by atoms with E-state index in [0.29, 0.717) is 11.6 Å². The van der Waals surface area contributed by atoms with Crippen LogP contribution in [0.5, 0.6) is 0 Å². The van der Waals surface area contributed by atoms with Crippen LogP contribution in [0.3, 0.4) is 0 Å². The van der Waals surface area contributed by atoms with Crippen molar-refractivity contribution in [2.75, 3.05) is 13.2 Å². The van der Waals surface area contributed by atoms with Crippen molar-refractivity contribution >= 4 is 17.7 Å². The highest BCUT2D eigenvalue weighted by atomic mass is 19.1. The molecule has 0 aliphatic rings. The van der Waals surface area contributed by atoms with Gasteiger partial charge in [0.2, 0.25) is 0 Å². The average molecular weight is 362 g/mol. The summed E-state index contributed by atoms with van der Waals surface area (Å²) in [5.74, 6) is -3.36. The fourth-order valence-electron chi connectivity index (χ4n) is 2.07. The number of carbonyl (C=O) groups excluding carboxylic acids is 3. The minimum absolute atomic E-state index is 0.0608. The van der Waals surface area contributed by atoms with Crippen molar-refractivity contribution in [3.63, 3.8) is 0 Å². The summed E-state index contributed by atoms with van der Waals surface area (Å²) < 4.78 is 31.2. The van der Waals surface area contributed by atoms with Crippen LogP contribution in [0.15, 0.2) is 42.7 Å². The van der Waals surface area contributed by atoms with E-state index in [1.54, 1.807) is 12.1 Å². The van der Waals surface area contributed by atoms with Crippen molar-refractivity contribution in [2.24, 2.45) is 0 Å². The Balaban J connectivity index is 1.67. The first-order valence-electron chi connectivity index (χ1n) is 7.79. The molecule has 1 aromatic carbocycles. The zero-order valence-electron chi connectivity index (χ0n) is 13.7. The first kappa shape index (κ1) is 19.2. The third-order valence-electron chi connectivity index (χ3n) is 3.38. The number of benzene rings is 1. The molecule has 0 unspecified atom stereocenters. The van der Waals surface area contributed by atoms with E-state index in [-0.39, 0.29) is 37.5 Å². The van der Waals surface area contributed by atoms with Gasteiger partial charge in [0.1, 0.15) is 18.2 Å². The average Bonchev–Trinajstić information content (AvgIpc) is 2.63. The maximum Gasteiger partial charge on any atom is 0.306 e. The number of esters is 1. The lowest BCUT2D eigenvalue weighted by molar-refractivity contribution is -0.143. The number of amides is 1. The Hall–Kier alpha value is -3.16. The molecular weight excluding hydrogens is 346 g/mol. The molecule has 1 aromatic heterocycles. The number of Topliss-reactive ketones (excluding diaryl/α,β-unsaturated/α-hetero) is 1. The highest BCUT2D eigenvalue weighted by Gasteiger charge is 2.15. The number of ketones is 1. The molecule has 1 amide bonds. The van der Waals surface area contributed by atoms with E-state index in [4.69, 9.17) is 4.74 Å². The molecular formula is C18H16F2N2O4. The van der Waals surface area contributed by atoms with Gasteiger partial charge in [-0.2, -0.15) is 0 Å². The molecule has 0 radical (unpaired) electrons. The number of rotatable bonds is 8. The molecule has 2 aromatic rings. The molecule has 1 heterocycles. The van der Waals surface area contributed by atoms with E-state index in [0.717, 1.165) is 12.1 Å². The van der Waals surface area contributed by atoms with Crippen LogP contribution in [0, 0.1) is 11.6 Å². The molecule has 0 saturated heterocycles. The van der Waals surface area contributed by atoms with E-state index in [1.165, 1.54) is 12.4 Å². The van der Waals surface area contributed by atoms with Crippen LogP contribution in [0.25, 0.3) is 0 Å². The highest BCUT2D eigenvalue weighted by Crippen LogP contribution is 2.13. The second-order valence-corrected chi connectivity index (χ2v) is 5.26. The highest BCUT2D eigenvalue weighted by molar-refractivity contribution is 5.97. The van der Waals surface area contributed by atoms with Crippen LogP contribution < -0.4 is 5.32 Å². The van der Waals surface area contributed by atoms with E-state index in [2.05, 4.69) is 10.3 Å². The number of nitrogens with zero attached hydrogens (tertiary/aromatic N) is 1. The molecule has 26 heavy (non-hydrogen) atoms. The Bertz CT molecular complexity index is 797. The SMILES string of the molecule is O=C(CCC(=O)c1ccc(F)cc1F)OCCNC(=O)c1ccncc1. The molecule has 0 saturated carbocycles. The summed E-state index contributed by atoms with van der Waals surface area (Å²) in [5.41, 5.74) is 0.155. The van der Waals surface area contributed by atoms with Gasteiger partial charge in [0, 0.05) is 30.4 Å². The van der Waals surface area contributed by atoms with Gasteiger partial charge in [-0.3, -0.25) is 19.4 Å². The lowest BCUT2D eigenvalue weighted by Gasteiger charge is -2.07. The smallest absolute Gasteiger partial charge is 0.306 e. The van der Waals surface area contributed by atoms with Gasteiger partial charge >= 0.3 is 5.97 Å². The largest absolute Gasteiger partial charge is 0.464 e. The molecule has 6 nitrogen and oxygen atoms in total. The van der Waals surface area contributed by atoms with Crippen molar-refractivity contribution in [3.05, 3.63) is 65.5 Å². The summed E-state index contributed by atoms with van der Waals surface area (Å²) in [5, 5.41) is 2.56. The molecule has 136 valence electrons. The molecule has 1 N–H and O–H groups in total. The third-order valence-corrected chi connectivity index (χ3v) is 3.38. The van der Waals surface area contributed by atoms with Gasteiger partial charge in [-0.25, -0.2) is 8.78 Å². The third kappa shape index (κ3) is 5.73. The number of pyridine rings is 1. The minimum Gasteiger partial charge on any atom is -0.464 e. The summed E-state index contributed by atoms with van der Waals surface area (Å²) >= 11 is 0. The predicted molar refractivity (Wildman–Crippen MR) is 87.5 cm³/mol. The zero-order valence-corrected chi connectivity index (χ0v) is 13.7. The molecule has 0 fully saturated rings. The first-order chi connectivity index (χ1) is 12.5. The molecule has 8 heteroatoms. The van der Waals surface area contributed by atoms with Gasteiger partial charge in [-0.1, -0.05) is 0 Å². The van der Waals surface area contributed by atoms with Gasteiger partial charge < -0.3 is 10.1 Å². The van der Waals surface area contributed by atoms with Crippen LogP contribution in [0.4, 0.5) is 8.78 Å². The summed E-state index contributed by atoms with van der Waals surface area (Å²) in [4.78, 5) is 38.9. The van der Waals surface area contributed by atoms with Crippen molar-refractivity contribution in [1.29, 1.82) is 0 Å². The van der Waals surface area contributed by atoms with Gasteiger partial charge in [0.15, 0.2) is 5.78 Å². The first-order valence-corrected chi connectivity index (χ1v) is 7.79. The van der Waals surface area contributed by atoms with E-state index >= 15 is 0 Å². The lowest BCUT2D eigenvalue weighted by atomic mass is 10.1. The van der Waals surface area contributed by atoms with Crippen LogP contribution in [-0.2, 0) is 9.53 Å². The number of aromatic nitrogens is 1. The van der Waals surface area contributed by atoms with Crippen LogP contribution in [0.2, 0.25) is 0 Å². The summed E-state index contributed by atoms with van der Waals surface area (Å²) in [7, 11) is 0. The lowest BCUT2D eigenvalue weighted by Crippen LogP contribution is -2.28. The Morgan fingerprint density at radius 1 is 1.04 bits per heavy atom. The molecule has 0 bridgehead atoms. The Kier molecular flexibility index (Phi) is 6.90. The topological polar surface area (TPSA) is 85.4 Å². The fourth-order valence-corrected chi connectivity index (χ4v) is 2.07. The maximum absolute atomic E-state index is 13.5. The van der Waals surface area contributed by atoms with Gasteiger partial charge in [0.25, 0.3) is 5.91 Å². The fraction of sp³-hybridized carbons (Fsp3) is 0.222. The second kappa shape index (κ2) is 9.36. The van der Waals surface area contributed by atoms with Gasteiger partial charge in [-0.05, 0) is 24.3 Å². The molecule has 2 rings (SSSR count). The minimum atomic E-state index is -0.970. The van der Waals surface area contributed by atoms with E-state index in [1.807, 2.05) is 0 Å². The Labute approximate surface area is 148 Å². The Morgan fingerprint density at radius 3 is 2.46 bits per heavy atom. The van der Waals surface area contributed by atoms with Crippen molar-refractivity contribution < 1.29 is 27.9 Å². The number of hydrogen-bond acceptors (Lipinski definition) is 5. The second-order valence-electron chi connectivity index (χ2n) is 5.26. The van der Waals surface area contributed by atoms with Gasteiger partial charge in [-0.15, -0.1) is 0 Å². The quantitative estimate of drug-likeness (QED) is 0.442. The molecule has 0 aliphatic heterocycles. The van der Waals surface area contributed by atoms with Crippen molar-refractivity contribution in [1.82, 2.24) is 10.3 Å². The van der Waals surface area contributed by atoms with E-state index in [9.17, 15) is 23.2 Å². The van der Waals surface area contributed by atoms with Gasteiger partial charge in [0.05, 0.1) is 18.5 Å². The van der Waals surface area contributed by atoms with Crippen LogP contribution in [0.1, 0.15) is 33.6 Å². The predicted octanol–water partition coefficient (Wildman–Crippen LogP) is 2.30. The zero-order chi connectivity index (χ0) is 18.9. The summed E-state index contributed by atoms with van der Waals surface area (Å²) in [6.45, 7) is 0.0438. The van der Waals surface area contributed by atoms with Crippen LogP contribution >= 0.6 is 0 Å². The number of halogens is 2. The maximum atomic E-state index is 13.5. The standard InChI is InChI=1S/C18H16F2N2O4/c19-13-1-2-14(15(20)11-13)16(23)3-4-17(24)26-10-9-22-18(25)12-5-7-21-8-6-12/h1-2,5-8,11H,3-4,9-10H2,(H,22,25). The number of ether oxygens (including phenoxy) is 1. The molecule has 0 spiro atoms. The molecule has 0 aliphatic carbocycles.